The van der Waals surface area contributed by atoms with Gasteiger partial charge in [-0.3, -0.25) is 4.79 Å². The number of anilines is 1. The van der Waals surface area contributed by atoms with E-state index in [0.29, 0.717) is 22.7 Å². The van der Waals surface area contributed by atoms with Gasteiger partial charge in [0.2, 0.25) is 0 Å². The Hall–Kier alpha value is -3.25. The molecule has 0 aliphatic carbocycles. The van der Waals surface area contributed by atoms with E-state index >= 15 is 0 Å². The first kappa shape index (κ1) is 20.0. The Morgan fingerprint density at radius 3 is 2.63 bits per heavy atom. The number of carbonyl (C=O) groups excluding carboxylic acids is 1. The predicted octanol–water partition coefficient (Wildman–Crippen LogP) is 5.97. The minimum atomic E-state index is -0.307. The summed E-state index contributed by atoms with van der Waals surface area (Å²) in [5.74, 6) is 0.0853. The van der Waals surface area contributed by atoms with E-state index in [4.69, 9.17) is 4.74 Å². The third kappa shape index (κ3) is 4.33. The van der Waals surface area contributed by atoms with Crippen molar-refractivity contribution in [3.05, 3.63) is 99.8 Å². The molecule has 0 fully saturated rings. The van der Waals surface area contributed by atoms with Crippen molar-refractivity contribution in [3.63, 3.8) is 0 Å². The first-order valence-corrected chi connectivity index (χ1v) is 10.1. The number of hydrogen-bond acceptors (Lipinski definition) is 3. The maximum absolute atomic E-state index is 13.4. The highest BCUT2D eigenvalue weighted by Gasteiger charge is 2.28. The second kappa shape index (κ2) is 8.63. The van der Waals surface area contributed by atoms with Crippen molar-refractivity contribution in [2.75, 3.05) is 5.01 Å². The largest absolute Gasteiger partial charge is 0.488 e. The van der Waals surface area contributed by atoms with Crippen molar-refractivity contribution in [1.82, 2.24) is 0 Å². The van der Waals surface area contributed by atoms with E-state index in [0.717, 1.165) is 15.6 Å². The van der Waals surface area contributed by atoms with Gasteiger partial charge in [-0.1, -0.05) is 46.3 Å². The highest BCUT2D eigenvalue weighted by molar-refractivity contribution is 9.10. The molecule has 30 heavy (non-hydrogen) atoms. The van der Waals surface area contributed by atoms with E-state index in [2.05, 4.69) is 21.0 Å². The zero-order valence-corrected chi connectivity index (χ0v) is 17.8. The summed E-state index contributed by atoms with van der Waals surface area (Å²) in [6.45, 7) is 2.02. The van der Waals surface area contributed by atoms with Gasteiger partial charge in [-0.25, -0.2) is 4.39 Å². The molecule has 3 aromatic carbocycles. The fourth-order valence-corrected chi connectivity index (χ4v) is 3.51. The van der Waals surface area contributed by atoms with Crippen molar-refractivity contribution in [2.45, 2.75) is 13.5 Å². The van der Waals surface area contributed by atoms with E-state index in [1.165, 1.54) is 17.1 Å². The Labute approximate surface area is 182 Å². The molecule has 1 heterocycles. The van der Waals surface area contributed by atoms with Crippen LogP contribution in [0.4, 0.5) is 10.1 Å². The van der Waals surface area contributed by atoms with Gasteiger partial charge in [0.15, 0.2) is 0 Å². The molecule has 0 bridgehead atoms. The number of hydrogen-bond donors (Lipinski definition) is 0. The lowest BCUT2D eigenvalue weighted by molar-refractivity contribution is -0.114. The van der Waals surface area contributed by atoms with Gasteiger partial charge in [-0.15, -0.1) is 0 Å². The Balaban J connectivity index is 1.62. The molecule has 0 N–H and O–H groups in total. The Morgan fingerprint density at radius 1 is 1.07 bits per heavy atom. The van der Waals surface area contributed by atoms with Gasteiger partial charge < -0.3 is 4.74 Å². The topological polar surface area (TPSA) is 41.9 Å². The molecule has 0 atom stereocenters. The molecule has 3 aromatic rings. The molecule has 4 nitrogen and oxygen atoms in total. The van der Waals surface area contributed by atoms with Gasteiger partial charge in [0.05, 0.1) is 17.0 Å². The molecule has 0 unspecified atom stereocenters. The highest BCUT2D eigenvalue weighted by atomic mass is 79.9. The number of carbonyl (C=O) groups is 1. The fourth-order valence-electron chi connectivity index (χ4n) is 3.14. The van der Waals surface area contributed by atoms with Crippen molar-refractivity contribution in [2.24, 2.45) is 5.10 Å². The number of para-hydroxylation sites is 1. The van der Waals surface area contributed by atoms with Crippen LogP contribution in [0, 0.1) is 5.82 Å². The summed E-state index contributed by atoms with van der Waals surface area (Å²) in [7, 11) is 0. The molecule has 1 aliphatic rings. The van der Waals surface area contributed by atoms with E-state index in [-0.39, 0.29) is 18.3 Å². The van der Waals surface area contributed by atoms with Crippen LogP contribution in [-0.2, 0) is 11.4 Å². The van der Waals surface area contributed by atoms with Crippen LogP contribution >= 0.6 is 15.9 Å². The number of ether oxygens (including phenoxy) is 1. The lowest BCUT2D eigenvalue weighted by atomic mass is 10.1. The minimum absolute atomic E-state index is 0.199. The van der Waals surface area contributed by atoms with Gasteiger partial charge in [-0.05, 0) is 61.0 Å². The average Bonchev–Trinajstić information content (AvgIpc) is 3.02. The van der Waals surface area contributed by atoms with Crippen LogP contribution in [0.15, 0.2) is 87.9 Å². The molecule has 6 heteroatoms. The quantitative estimate of drug-likeness (QED) is 0.436. The molecular weight excluding hydrogens is 447 g/mol. The Kier molecular flexibility index (Phi) is 5.77. The summed E-state index contributed by atoms with van der Waals surface area (Å²) >= 11 is 3.47. The van der Waals surface area contributed by atoms with Crippen LogP contribution in [0.25, 0.3) is 6.08 Å². The second-order valence-corrected chi connectivity index (χ2v) is 7.71. The van der Waals surface area contributed by atoms with E-state index in [1.54, 1.807) is 25.1 Å². The number of hydrazone groups is 1. The number of halogens is 2. The van der Waals surface area contributed by atoms with Gasteiger partial charge in [0.1, 0.15) is 18.2 Å². The summed E-state index contributed by atoms with van der Waals surface area (Å²) in [4.78, 5) is 13.0. The van der Waals surface area contributed by atoms with E-state index < -0.39 is 0 Å². The summed E-state index contributed by atoms with van der Waals surface area (Å²) in [5, 5.41) is 5.81. The van der Waals surface area contributed by atoms with Crippen LogP contribution in [0.3, 0.4) is 0 Å². The van der Waals surface area contributed by atoms with Crippen LogP contribution in [0.2, 0.25) is 0 Å². The van der Waals surface area contributed by atoms with Gasteiger partial charge >= 0.3 is 0 Å². The normalized spacial score (nSPS) is 14.9. The maximum atomic E-state index is 13.4. The Morgan fingerprint density at radius 2 is 1.87 bits per heavy atom. The molecule has 0 saturated carbocycles. The minimum Gasteiger partial charge on any atom is -0.488 e. The fraction of sp³-hybridized carbons (Fsp3) is 0.0833. The molecule has 0 saturated heterocycles. The third-order valence-corrected chi connectivity index (χ3v) is 5.11. The maximum Gasteiger partial charge on any atom is 0.280 e. The summed E-state index contributed by atoms with van der Waals surface area (Å²) in [6, 6.07) is 21.1. The van der Waals surface area contributed by atoms with Crippen molar-refractivity contribution >= 4 is 39.3 Å². The molecular formula is C24H18BrFN2O2. The number of benzene rings is 3. The van der Waals surface area contributed by atoms with Crippen molar-refractivity contribution in [3.8, 4) is 5.75 Å². The van der Waals surface area contributed by atoms with E-state index in [1.807, 2.05) is 48.5 Å². The van der Waals surface area contributed by atoms with Crippen LogP contribution in [-0.4, -0.2) is 11.6 Å². The van der Waals surface area contributed by atoms with Gasteiger partial charge in [0, 0.05) is 10.0 Å². The molecule has 0 aromatic heterocycles. The molecule has 0 spiro atoms. The molecule has 1 amide bonds. The lowest BCUT2D eigenvalue weighted by Gasteiger charge is -2.12. The summed E-state index contributed by atoms with van der Waals surface area (Å²) in [6.07, 6.45) is 1.77. The first-order chi connectivity index (χ1) is 14.5. The summed E-state index contributed by atoms with van der Waals surface area (Å²) in [5.41, 5.74) is 3.28. The lowest BCUT2D eigenvalue weighted by Crippen LogP contribution is -2.21. The highest BCUT2D eigenvalue weighted by Crippen LogP contribution is 2.30. The Bertz CT molecular complexity index is 1160. The smallest absolute Gasteiger partial charge is 0.280 e. The van der Waals surface area contributed by atoms with Crippen molar-refractivity contribution < 1.29 is 13.9 Å². The SMILES string of the molecule is CC1=NN(c2ccccc2)C(=O)/C1=C\c1cc(Br)ccc1OCc1cccc(F)c1. The van der Waals surface area contributed by atoms with Crippen LogP contribution in [0.5, 0.6) is 5.75 Å². The monoisotopic (exact) mass is 464 g/mol. The van der Waals surface area contributed by atoms with Crippen molar-refractivity contribution in [1.29, 1.82) is 0 Å². The third-order valence-electron chi connectivity index (χ3n) is 4.62. The molecule has 4 rings (SSSR count). The zero-order chi connectivity index (χ0) is 21.1. The molecule has 150 valence electrons. The number of nitrogens with zero attached hydrogens (tertiary/aromatic N) is 2. The number of amides is 1. The van der Waals surface area contributed by atoms with Crippen LogP contribution in [0.1, 0.15) is 18.1 Å². The molecule has 1 aliphatic heterocycles. The van der Waals surface area contributed by atoms with E-state index in [9.17, 15) is 9.18 Å². The zero-order valence-electron chi connectivity index (χ0n) is 16.2. The number of rotatable bonds is 5. The second-order valence-electron chi connectivity index (χ2n) is 6.80. The summed E-state index contributed by atoms with van der Waals surface area (Å²) < 4.78 is 20.2. The van der Waals surface area contributed by atoms with Gasteiger partial charge in [-0.2, -0.15) is 10.1 Å². The standard InChI is InChI=1S/C24H18BrFN2O2/c1-16-22(24(29)28(27-16)21-8-3-2-4-9-21)14-18-13-19(25)10-11-23(18)30-15-17-6-5-7-20(26)12-17/h2-14H,15H2,1H3/b22-14-. The first-order valence-electron chi connectivity index (χ1n) is 9.35. The average molecular weight is 465 g/mol. The van der Waals surface area contributed by atoms with Crippen LogP contribution < -0.4 is 9.75 Å². The van der Waals surface area contributed by atoms with Gasteiger partial charge in [0.25, 0.3) is 5.91 Å². The molecule has 0 radical (unpaired) electrons. The predicted molar refractivity (Wildman–Crippen MR) is 120 cm³/mol.